The molecule has 32 heavy (non-hydrogen) atoms. The number of rotatable bonds is 9. The minimum atomic E-state index is -0.462. The van der Waals surface area contributed by atoms with E-state index in [1.807, 2.05) is 91.9 Å². The first-order chi connectivity index (χ1) is 15.7. The number of aromatic nitrogens is 2. The van der Waals surface area contributed by atoms with E-state index in [-0.39, 0.29) is 12.5 Å². The van der Waals surface area contributed by atoms with Crippen molar-refractivity contribution >= 4 is 5.91 Å². The Labute approximate surface area is 187 Å². The van der Waals surface area contributed by atoms with E-state index in [1.165, 1.54) is 0 Å². The lowest BCUT2D eigenvalue weighted by molar-refractivity contribution is -0.127. The Morgan fingerprint density at radius 1 is 0.969 bits per heavy atom. The van der Waals surface area contributed by atoms with Gasteiger partial charge in [-0.3, -0.25) is 4.79 Å². The highest BCUT2D eigenvalue weighted by atomic mass is 16.5. The maximum Gasteiger partial charge on any atom is 0.249 e. The first-order valence-electron chi connectivity index (χ1n) is 10.5. The maximum atomic E-state index is 12.6. The molecule has 0 aliphatic rings. The summed E-state index contributed by atoms with van der Waals surface area (Å²) in [5.41, 5.74) is 4.05. The van der Waals surface area contributed by atoms with Crippen LogP contribution in [0.4, 0.5) is 0 Å². The van der Waals surface area contributed by atoms with Crippen molar-refractivity contribution in [2.24, 2.45) is 0 Å². The molecule has 4 rings (SSSR count). The number of aryl methyl sites for hydroxylation is 1. The van der Waals surface area contributed by atoms with Crippen LogP contribution in [0.2, 0.25) is 0 Å². The lowest BCUT2D eigenvalue weighted by atomic mass is 10.1. The van der Waals surface area contributed by atoms with E-state index in [0.29, 0.717) is 24.7 Å². The van der Waals surface area contributed by atoms with Crippen molar-refractivity contribution in [1.82, 2.24) is 15.5 Å². The second-order valence-corrected chi connectivity index (χ2v) is 7.61. The molecule has 0 saturated carbocycles. The summed E-state index contributed by atoms with van der Waals surface area (Å²) in [6.45, 7) is 2.33. The molecule has 4 aromatic rings. The molecule has 0 fully saturated rings. The van der Waals surface area contributed by atoms with Gasteiger partial charge in [-0.2, -0.15) is 4.98 Å². The Bertz CT molecular complexity index is 1140. The predicted molar refractivity (Wildman–Crippen MR) is 122 cm³/mol. The topological polar surface area (TPSA) is 77.2 Å². The van der Waals surface area contributed by atoms with Crippen LogP contribution in [0.1, 0.15) is 28.6 Å². The largest absolute Gasteiger partial charge is 0.367 e. The summed E-state index contributed by atoms with van der Waals surface area (Å²) < 4.78 is 11.1. The van der Waals surface area contributed by atoms with Crippen molar-refractivity contribution < 1.29 is 14.1 Å². The first kappa shape index (κ1) is 21.5. The summed E-state index contributed by atoms with van der Waals surface area (Å²) in [7, 11) is 0. The fourth-order valence-electron chi connectivity index (χ4n) is 3.40. The third kappa shape index (κ3) is 5.89. The molecule has 6 nitrogen and oxygen atoms in total. The molecule has 0 bridgehead atoms. The second kappa shape index (κ2) is 10.5. The van der Waals surface area contributed by atoms with Gasteiger partial charge in [0.1, 0.15) is 12.6 Å². The Morgan fingerprint density at radius 3 is 2.41 bits per heavy atom. The highest BCUT2D eigenvalue weighted by Crippen LogP contribution is 2.22. The predicted octanol–water partition coefficient (Wildman–Crippen LogP) is 4.66. The fourth-order valence-corrected chi connectivity index (χ4v) is 3.40. The van der Waals surface area contributed by atoms with E-state index < -0.39 is 6.04 Å². The van der Waals surface area contributed by atoms with Gasteiger partial charge in [-0.1, -0.05) is 89.6 Å². The van der Waals surface area contributed by atoms with Crippen LogP contribution in [-0.4, -0.2) is 22.7 Å². The Morgan fingerprint density at radius 2 is 1.69 bits per heavy atom. The highest BCUT2D eigenvalue weighted by molar-refractivity contribution is 5.77. The molecule has 162 valence electrons. The first-order valence-corrected chi connectivity index (χ1v) is 10.5. The van der Waals surface area contributed by atoms with Crippen molar-refractivity contribution in [1.29, 1.82) is 0 Å². The number of nitrogens with one attached hydrogen (secondary N) is 1. The van der Waals surface area contributed by atoms with Crippen LogP contribution < -0.4 is 5.32 Å². The second-order valence-electron chi connectivity index (χ2n) is 7.61. The van der Waals surface area contributed by atoms with Crippen LogP contribution in [-0.2, 0) is 22.6 Å². The maximum absolute atomic E-state index is 12.6. The molecule has 0 aliphatic heterocycles. The zero-order valence-electron chi connectivity index (χ0n) is 17.9. The van der Waals surface area contributed by atoms with Crippen molar-refractivity contribution in [2.75, 3.05) is 6.61 Å². The SMILES string of the molecule is Cc1cccc(-c2noc([C@H](Cc3ccccc3)NC(=O)COCc3ccccc3)n2)c1. The number of carbonyl (C=O) groups excluding carboxylic acids is 1. The Hall–Kier alpha value is -3.77. The molecule has 1 heterocycles. The molecular weight excluding hydrogens is 402 g/mol. The lowest BCUT2D eigenvalue weighted by Gasteiger charge is -2.15. The molecule has 0 unspecified atom stereocenters. The van der Waals surface area contributed by atoms with E-state index in [0.717, 1.165) is 22.3 Å². The Kier molecular flexibility index (Phi) is 7.05. The number of hydrogen-bond acceptors (Lipinski definition) is 5. The van der Waals surface area contributed by atoms with E-state index in [2.05, 4.69) is 15.5 Å². The van der Waals surface area contributed by atoms with Crippen LogP contribution in [0.25, 0.3) is 11.4 Å². The van der Waals surface area contributed by atoms with Gasteiger partial charge in [-0.05, 0) is 24.1 Å². The summed E-state index contributed by atoms with van der Waals surface area (Å²) in [4.78, 5) is 17.2. The summed E-state index contributed by atoms with van der Waals surface area (Å²) in [6.07, 6.45) is 0.528. The van der Waals surface area contributed by atoms with Gasteiger partial charge in [0.15, 0.2) is 0 Å². The molecule has 0 radical (unpaired) electrons. The number of amides is 1. The van der Waals surface area contributed by atoms with Crippen LogP contribution in [0.15, 0.2) is 89.5 Å². The van der Waals surface area contributed by atoms with Crippen molar-refractivity contribution in [3.05, 3.63) is 108 Å². The minimum absolute atomic E-state index is 0.0565. The molecule has 0 spiro atoms. The molecule has 0 aliphatic carbocycles. The van der Waals surface area contributed by atoms with Gasteiger partial charge < -0.3 is 14.6 Å². The average Bonchev–Trinajstić information content (AvgIpc) is 3.31. The number of benzene rings is 3. The molecule has 1 atom stereocenters. The number of hydrogen-bond donors (Lipinski definition) is 1. The third-order valence-corrected chi connectivity index (χ3v) is 4.98. The zero-order chi connectivity index (χ0) is 22.2. The molecule has 1 amide bonds. The minimum Gasteiger partial charge on any atom is -0.367 e. The van der Waals surface area contributed by atoms with Gasteiger partial charge in [-0.25, -0.2) is 0 Å². The third-order valence-electron chi connectivity index (χ3n) is 4.98. The van der Waals surface area contributed by atoms with Crippen molar-refractivity contribution in [3.8, 4) is 11.4 Å². The van der Waals surface area contributed by atoms with Gasteiger partial charge in [0, 0.05) is 12.0 Å². The van der Waals surface area contributed by atoms with Crippen LogP contribution in [0.3, 0.4) is 0 Å². The van der Waals surface area contributed by atoms with Crippen molar-refractivity contribution in [3.63, 3.8) is 0 Å². The normalized spacial score (nSPS) is 11.8. The number of ether oxygens (including phenoxy) is 1. The highest BCUT2D eigenvalue weighted by Gasteiger charge is 2.22. The van der Waals surface area contributed by atoms with Gasteiger partial charge in [0.2, 0.25) is 17.6 Å². The average molecular weight is 428 g/mol. The van der Waals surface area contributed by atoms with Gasteiger partial charge in [0.05, 0.1) is 6.61 Å². The molecule has 1 N–H and O–H groups in total. The van der Waals surface area contributed by atoms with Crippen molar-refractivity contribution in [2.45, 2.75) is 26.0 Å². The molecule has 1 aromatic heterocycles. The number of nitrogens with zero attached hydrogens (tertiary/aromatic N) is 2. The zero-order valence-corrected chi connectivity index (χ0v) is 17.9. The van der Waals surface area contributed by atoms with E-state index in [9.17, 15) is 4.79 Å². The quantitative estimate of drug-likeness (QED) is 0.420. The molecule has 3 aromatic carbocycles. The van der Waals surface area contributed by atoms with E-state index in [1.54, 1.807) is 0 Å². The van der Waals surface area contributed by atoms with Gasteiger partial charge in [0.25, 0.3) is 0 Å². The smallest absolute Gasteiger partial charge is 0.249 e. The van der Waals surface area contributed by atoms with Crippen LogP contribution in [0.5, 0.6) is 0 Å². The summed E-state index contributed by atoms with van der Waals surface area (Å²) in [5.74, 6) is 0.621. The standard InChI is InChI=1S/C26H25N3O3/c1-19-9-8-14-22(15-19)25-28-26(32-29-25)23(16-20-10-4-2-5-11-20)27-24(30)18-31-17-21-12-6-3-7-13-21/h2-15,23H,16-18H2,1H3,(H,27,30)/t23-/m0/s1. The fraction of sp³-hybridized carbons (Fsp3) is 0.192. The molecular formula is C26H25N3O3. The summed E-state index contributed by atoms with van der Waals surface area (Å²) in [5, 5.41) is 7.11. The van der Waals surface area contributed by atoms with Gasteiger partial charge >= 0.3 is 0 Å². The van der Waals surface area contributed by atoms with E-state index >= 15 is 0 Å². The van der Waals surface area contributed by atoms with Gasteiger partial charge in [-0.15, -0.1) is 0 Å². The summed E-state index contributed by atoms with van der Waals surface area (Å²) >= 11 is 0. The number of carbonyl (C=O) groups is 1. The Balaban J connectivity index is 1.46. The molecule has 6 heteroatoms. The lowest BCUT2D eigenvalue weighted by Crippen LogP contribution is -2.33. The molecule has 0 saturated heterocycles. The van der Waals surface area contributed by atoms with Crippen LogP contribution in [0, 0.1) is 6.92 Å². The van der Waals surface area contributed by atoms with E-state index in [4.69, 9.17) is 9.26 Å². The van der Waals surface area contributed by atoms with Crippen LogP contribution >= 0.6 is 0 Å². The monoisotopic (exact) mass is 427 g/mol. The summed E-state index contributed by atoms with van der Waals surface area (Å²) in [6, 6.07) is 27.1.